The summed E-state index contributed by atoms with van der Waals surface area (Å²) >= 11 is 1.21. The number of thioether (sulfide) groups is 1. The van der Waals surface area contributed by atoms with E-state index < -0.39 is 38.7 Å². The van der Waals surface area contributed by atoms with Crippen molar-refractivity contribution in [1.82, 2.24) is 10.2 Å². The molecule has 2 heterocycles. The molecule has 0 saturated carbocycles. The van der Waals surface area contributed by atoms with Crippen molar-refractivity contribution in [3.63, 3.8) is 0 Å². The van der Waals surface area contributed by atoms with Crippen LogP contribution in [-0.4, -0.2) is 62.1 Å². The van der Waals surface area contributed by atoms with Crippen molar-refractivity contribution in [3.8, 4) is 0 Å². The standard InChI is InChI=1S/C17H19BN2O7S2/c1-9-14(27-29(2,24)25)13(17(23)26-18)20-15(22)12(16(20)28-9)19-11(21)8-10-6-4-3-5-7-10/h3-7,9,12,16H,8,18H2,1-2H3,(H,19,21)/t9-,12+,16+/m0/s1. The largest absolute Gasteiger partial charge is 0.539 e. The predicted octanol–water partition coefficient (Wildman–Crippen LogP) is -0.703. The van der Waals surface area contributed by atoms with E-state index in [0.29, 0.717) is 0 Å². The molecule has 1 N–H and O–H groups in total. The number of carbonyl (C=O) groups is 3. The fourth-order valence-electron chi connectivity index (χ4n) is 3.13. The van der Waals surface area contributed by atoms with Crippen molar-refractivity contribution in [3.05, 3.63) is 47.4 Å². The van der Waals surface area contributed by atoms with Crippen LogP contribution >= 0.6 is 11.8 Å². The van der Waals surface area contributed by atoms with Crippen molar-refractivity contribution in [2.24, 2.45) is 0 Å². The fourth-order valence-corrected chi connectivity index (χ4v) is 5.11. The molecule has 0 aromatic heterocycles. The van der Waals surface area contributed by atoms with Crippen LogP contribution in [0.2, 0.25) is 0 Å². The van der Waals surface area contributed by atoms with Crippen LogP contribution in [0.1, 0.15) is 12.5 Å². The Labute approximate surface area is 173 Å². The van der Waals surface area contributed by atoms with Gasteiger partial charge in [0, 0.05) is 0 Å². The minimum atomic E-state index is -3.92. The third-order valence-electron chi connectivity index (χ3n) is 4.37. The highest BCUT2D eigenvalue weighted by atomic mass is 32.2. The molecular weight excluding hydrogens is 419 g/mol. The zero-order valence-electron chi connectivity index (χ0n) is 15.9. The third kappa shape index (κ3) is 4.43. The van der Waals surface area contributed by atoms with Gasteiger partial charge in [0.05, 0.1) is 17.9 Å². The van der Waals surface area contributed by atoms with Gasteiger partial charge in [0.15, 0.2) is 11.5 Å². The summed E-state index contributed by atoms with van der Waals surface area (Å²) in [6.45, 7) is 1.65. The van der Waals surface area contributed by atoms with Crippen molar-refractivity contribution < 1.29 is 31.6 Å². The lowest BCUT2D eigenvalue weighted by Gasteiger charge is -2.50. The molecule has 3 atom stereocenters. The minimum absolute atomic E-state index is 0.111. The van der Waals surface area contributed by atoms with Gasteiger partial charge in [-0.1, -0.05) is 30.3 Å². The molecular formula is C17H19BN2O7S2. The summed E-state index contributed by atoms with van der Waals surface area (Å²) in [5.74, 6) is -1.92. The van der Waals surface area contributed by atoms with E-state index in [9.17, 15) is 22.8 Å². The molecule has 1 aromatic carbocycles. The molecule has 29 heavy (non-hydrogen) atoms. The van der Waals surface area contributed by atoms with Gasteiger partial charge >= 0.3 is 24.1 Å². The number of nitrogens with one attached hydrogen (secondary N) is 1. The van der Waals surface area contributed by atoms with E-state index in [0.717, 1.165) is 24.8 Å². The van der Waals surface area contributed by atoms with Gasteiger partial charge in [-0.3, -0.25) is 14.5 Å². The van der Waals surface area contributed by atoms with E-state index in [2.05, 4.69) is 5.32 Å². The van der Waals surface area contributed by atoms with Gasteiger partial charge in [0.1, 0.15) is 11.4 Å². The quantitative estimate of drug-likeness (QED) is 0.352. The summed E-state index contributed by atoms with van der Waals surface area (Å²) in [6.07, 6.45) is 0.961. The van der Waals surface area contributed by atoms with E-state index >= 15 is 0 Å². The molecule has 12 heteroatoms. The second-order valence-electron chi connectivity index (χ2n) is 6.58. The SMILES string of the molecule is BOC(=O)C1=C(OS(C)(=O)=O)[C@H](C)S[C@@H]2[C@H](NC(=O)Cc3ccccc3)C(=O)N12. The van der Waals surface area contributed by atoms with Crippen LogP contribution in [0.3, 0.4) is 0 Å². The Morgan fingerprint density at radius 3 is 2.52 bits per heavy atom. The van der Waals surface area contributed by atoms with Crippen molar-refractivity contribution in [2.75, 3.05) is 6.26 Å². The Balaban J connectivity index is 1.81. The number of hydrogen-bond donors (Lipinski definition) is 1. The number of hydrogen-bond acceptors (Lipinski definition) is 8. The molecule has 2 aliphatic heterocycles. The van der Waals surface area contributed by atoms with Gasteiger partial charge in [0.2, 0.25) is 5.91 Å². The summed E-state index contributed by atoms with van der Waals surface area (Å²) in [5.41, 5.74) is 0.546. The van der Waals surface area contributed by atoms with Crippen LogP contribution in [0.5, 0.6) is 0 Å². The molecule has 154 valence electrons. The van der Waals surface area contributed by atoms with E-state index in [4.69, 9.17) is 8.84 Å². The maximum atomic E-state index is 12.7. The van der Waals surface area contributed by atoms with E-state index in [-0.39, 0.29) is 23.8 Å². The molecule has 1 aromatic rings. The number of nitrogens with zero attached hydrogens (tertiary/aromatic N) is 1. The first-order valence-corrected chi connectivity index (χ1v) is 11.4. The van der Waals surface area contributed by atoms with E-state index in [1.165, 1.54) is 11.8 Å². The normalized spacial score (nSPS) is 23.7. The molecule has 9 nitrogen and oxygen atoms in total. The van der Waals surface area contributed by atoms with Crippen LogP contribution < -0.4 is 5.32 Å². The van der Waals surface area contributed by atoms with Crippen LogP contribution in [0.4, 0.5) is 0 Å². The lowest BCUT2D eigenvalue weighted by Crippen LogP contribution is -2.71. The second kappa shape index (κ2) is 8.11. The molecule has 0 unspecified atom stereocenters. The van der Waals surface area contributed by atoms with Gasteiger partial charge < -0.3 is 14.2 Å². The van der Waals surface area contributed by atoms with Gasteiger partial charge in [-0.05, 0) is 12.5 Å². The molecule has 1 fully saturated rings. The summed E-state index contributed by atoms with van der Waals surface area (Å²) in [5, 5.41) is 1.57. The van der Waals surface area contributed by atoms with Crippen LogP contribution in [0.15, 0.2) is 41.8 Å². The Morgan fingerprint density at radius 2 is 1.93 bits per heavy atom. The number of rotatable bonds is 6. The monoisotopic (exact) mass is 438 g/mol. The first-order valence-electron chi connectivity index (χ1n) is 8.66. The Morgan fingerprint density at radius 1 is 1.28 bits per heavy atom. The first-order chi connectivity index (χ1) is 13.6. The van der Waals surface area contributed by atoms with Gasteiger partial charge in [0.25, 0.3) is 5.91 Å². The minimum Gasteiger partial charge on any atom is -0.539 e. The van der Waals surface area contributed by atoms with Crippen LogP contribution in [0, 0.1) is 0 Å². The lowest BCUT2D eigenvalue weighted by atomic mass is 10.0. The highest BCUT2D eigenvalue weighted by Crippen LogP contribution is 2.45. The lowest BCUT2D eigenvalue weighted by molar-refractivity contribution is -0.150. The van der Waals surface area contributed by atoms with Crippen molar-refractivity contribution in [2.45, 2.75) is 30.0 Å². The van der Waals surface area contributed by atoms with Gasteiger partial charge in [-0.25, -0.2) is 4.79 Å². The summed E-state index contributed by atoms with van der Waals surface area (Å²) < 4.78 is 32.9. The molecule has 0 radical (unpaired) electrons. The highest BCUT2D eigenvalue weighted by molar-refractivity contribution is 8.00. The average molecular weight is 438 g/mol. The molecule has 2 amide bonds. The van der Waals surface area contributed by atoms with Crippen molar-refractivity contribution in [1.29, 1.82) is 0 Å². The van der Waals surface area contributed by atoms with Crippen LogP contribution in [0.25, 0.3) is 0 Å². The Kier molecular flexibility index (Phi) is 5.94. The summed E-state index contributed by atoms with van der Waals surface area (Å²) in [4.78, 5) is 38.4. The maximum Gasteiger partial charge on any atom is 0.340 e. The second-order valence-corrected chi connectivity index (χ2v) is 9.61. The highest BCUT2D eigenvalue weighted by Gasteiger charge is 2.56. The molecule has 1 saturated heterocycles. The maximum absolute atomic E-state index is 12.7. The Hall–Kier alpha value is -2.47. The molecule has 0 spiro atoms. The van der Waals surface area contributed by atoms with E-state index in [1.54, 1.807) is 19.1 Å². The number of amides is 2. The topological polar surface area (TPSA) is 119 Å². The van der Waals surface area contributed by atoms with E-state index in [1.807, 2.05) is 18.2 Å². The summed E-state index contributed by atoms with van der Waals surface area (Å²) in [6, 6.07) is 8.24. The zero-order valence-corrected chi connectivity index (χ0v) is 17.6. The summed E-state index contributed by atoms with van der Waals surface area (Å²) in [7, 11) is -2.80. The number of benzene rings is 1. The molecule has 0 aliphatic carbocycles. The zero-order chi connectivity index (χ0) is 21.3. The Bertz CT molecular complexity index is 981. The van der Waals surface area contributed by atoms with Crippen LogP contribution in [-0.2, 0) is 39.8 Å². The number of carbonyl (C=O) groups excluding carboxylic acids is 3. The van der Waals surface area contributed by atoms with Crippen molar-refractivity contribution >= 4 is 47.7 Å². The fraction of sp³-hybridized carbons (Fsp3) is 0.353. The number of β-lactam (4-membered cyclic amide) rings is 1. The number of fused-ring (bicyclic) bond motifs is 1. The predicted molar refractivity (Wildman–Crippen MR) is 107 cm³/mol. The molecule has 0 bridgehead atoms. The van der Waals surface area contributed by atoms with Gasteiger partial charge in [-0.2, -0.15) is 8.42 Å². The molecule has 2 aliphatic rings. The average Bonchev–Trinajstić information content (AvgIpc) is 2.66. The molecule has 3 rings (SSSR count). The first kappa shape index (κ1) is 21.2. The smallest absolute Gasteiger partial charge is 0.340 e. The van der Waals surface area contributed by atoms with Gasteiger partial charge in [-0.15, -0.1) is 11.8 Å². The third-order valence-corrected chi connectivity index (χ3v) is 6.24.